The molecule has 7 aromatic rings. The number of benzene rings is 5. The van der Waals surface area contributed by atoms with Crippen LogP contribution in [0.4, 0.5) is 0 Å². The number of phenolic OH excluding ortho intramolecular Hbond substituents is 2. The molecule has 322 valence electrons. The fourth-order valence-electron chi connectivity index (χ4n) is 6.56. The fraction of sp³-hybridized carbons (Fsp3) is 0.304. The summed E-state index contributed by atoms with van der Waals surface area (Å²) in [7, 11) is 2.86. The molecule has 62 heavy (non-hydrogen) atoms. The first kappa shape index (κ1) is 42.8. The predicted molar refractivity (Wildman–Crippen MR) is 230 cm³/mol. The summed E-state index contributed by atoms with van der Waals surface area (Å²) >= 11 is 0. The second-order valence-corrected chi connectivity index (χ2v) is 16.4. The number of phenols is 2. The molecule has 16 heteroatoms. The van der Waals surface area contributed by atoms with Crippen molar-refractivity contribution in [3.05, 3.63) is 107 Å². The van der Waals surface area contributed by atoms with Gasteiger partial charge in [-0.25, -0.2) is 9.59 Å². The van der Waals surface area contributed by atoms with Gasteiger partial charge in [-0.2, -0.15) is 0 Å². The highest BCUT2D eigenvalue weighted by Gasteiger charge is 2.24. The normalized spacial score (nSPS) is 11.7. The van der Waals surface area contributed by atoms with E-state index in [2.05, 4.69) is 61.9 Å². The Balaban J connectivity index is 0.915. The van der Waals surface area contributed by atoms with Crippen LogP contribution in [-0.4, -0.2) is 92.8 Å². The van der Waals surface area contributed by atoms with E-state index in [4.69, 9.17) is 28.4 Å². The van der Waals surface area contributed by atoms with Crippen LogP contribution in [0.1, 0.15) is 73.4 Å². The van der Waals surface area contributed by atoms with Crippen molar-refractivity contribution in [2.75, 3.05) is 40.6 Å². The van der Waals surface area contributed by atoms with E-state index in [-0.39, 0.29) is 71.4 Å². The van der Waals surface area contributed by atoms with E-state index in [9.17, 15) is 19.8 Å². The molecule has 0 saturated carbocycles. The third-order valence-corrected chi connectivity index (χ3v) is 9.95. The maximum absolute atomic E-state index is 13.2. The maximum atomic E-state index is 13.2. The van der Waals surface area contributed by atoms with Crippen molar-refractivity contribution in [1.29, 1.82) is 0 Å². The Kier molecular flexibility index (Phi) is 11.9. The van der Waals surface area contributed by atoms with Crippen LogP contribution in [0.5, 0.6) is 34.5 Å². The number of aromatic hydroxyl groups is 2. The van der Waals surface area contributed by atoms with Crippen LogP contribution < -0.4 is 18.9 Å². The van der Waals surface area contributed by atoms with Gasteiger partial charge < -0.3 is 38.6 Å². The van der Waals surface area contributed by atoms with Gasteiger partial charge in [0, 0.05) is 6.07 Å². The number of esters is 2. The molecule has 0 saturated heterocycles. The number of nitrogens with zero attached hydrogens (tertiary/aromatic N) is 6. The number of methoxy groups -OCH3 is 2. The summed E-state index contributed by atoms with van der Waals surface area (Å²) < 4.78 is 33.8. The highest BCUT2D eigenvalue weighted by atomic mass is 16.6. The van der Waals surface area contributed by atoms with Crippen molar-refractivity contribution in [3.63, 3.8) is 0 Å². The van der Waals surface area contributed by atoms with Gasteiger partial charge in [-0.05, 0) is 82.6 Å². The first-order chi connectivity index (χ1) is 29.5. The summed E-state index contributed by atoms with van der Waals surface area (Å²) in [5, 5.41) is 39.3. The van der Waals surface area contributed by atoms with Crippen molar-refractivity contribution in [3.8, 4) is 45.9 Å². The number of carbonyl (C=O) groups excluding carboxylic acids is 2. The molecule has 5 aromatic carbocycles. The highest BCUT2D eigenvalue weighted by molar-refractivity contribution is 6.00. The number of fused-ring (bicyclic) bond motifs is 2. The van der Waals surface area contributed by atoms with E-state index in [1.165, 1.54) is 23.8 Å². The zero-order valence-corrected chi connectivity index (χ0v) is 35.8. The zero-order valence-electron chi connectivity index (χ0n) is 35.8. The molecule has 0 aliphatic carbocycles. The third-order valence-electron chi connectivity index (χ3n) is 9.95. The molecule has 0 aliphatic rings. The molecule has 0 fully saturated rings. The average molecular weight is 845 g/mol. The molecular weight excluding hydrogens is 797 g/mol. The monoisotopic (exact) mass is 844 g/mol. The van der Waals surface area contributed by atoms with Gasteiger partial charge in [0.1, 0.15) is 83.0 Å². The van der Waals surface area contributed by atoms with Crippen LogP contribution in [0.3, 0.4) is 0 Å². The zero-order chi connectivity index (χ0) is 44.3. The van der Waals surface area contributed by atoms with Crippen molar-refractivity contribution in [1.82, 2.24) is 30.0 Å². The molecular formula is C46H48N6O10. The summed E-state index contributed by atoms with van der Waals surface area (Å²) in [6, 6.07) is 23.8. The molecule has 0 aliphatic heterocycles. The molecule has 2 N–H and O–H groups in total. The number of rotatable bonds is 14. The number of aromatic nitrogens is 6. The van der Waals surface area contributed by atoms with E-state index in [0.29, 0.717) is 44.9 Å². The molecule has 0 unspecified atom stereocenters. The van der Waals surface area contributed by atoms with Gasteiger partial charge in [0.05, 0.1) is 14.2 Å². The smallest absolute Gasteiger partial charge is 0.342 e. The van der Waals surface area contributed by atoms with Crippen molar-refractivity contribution < 1.29 is 48.2 Å². The Morgan fingerprint density at radius 2 is 0.968 bits per heavy atom. The Morgan fingerprint density at radius 1 is 0.548 bits per heavy atom. The lowest BCUT2D eigenvalue weighted by atomic mass is 9.87. The minimum absolute atomic E-state index is 0.00707. The van der Waals surface area contributed by atoms with Crippen LogP contribution in [-0.2, 0) is 20.3 Å². The summed E-state index contributed by atoms with van der Waals surface area (Å²) in [5.41, 5.74) is 4.31. The van der Waals surface area contributed by atoms with Crippen molar-refractivity contribution in [2.45, 2.75) is 52.4 Å². The average Bonchev–Trinajstić information content (AvgIpc) is 3.88. The van der Waals surface area contributed by atoms with E-state index in [1.807, 2.05) is 24.3 Å². The Bertz CT molecular complexity index is 2600. The van der Waals surface area contributed by atoms with Crippen LogP contribution in [0, 0.1) is 0 Å². The minimum Gasteiger partial charge on any atom is -0.506 e. The lowest BCUT2D eigenvalue weighted by Crippen LogP contribution is -2.14. The van der Waals surface area contributed by atoms with Gasteiger partial charge in [0.15, 0.2) is 22.5 Å². The summed E-state index contributed by atoms with van der Waals surface area (Å²) in [5.74, 6) is 0.0382. The Morgan fingerprint density at radius 3 is 1.35 bits per heavy atom. The standard InChI is InChI=1S/C46H48N6O10/c1-45(2,3)27-12-18-37(53)35(24-27)51-47-33-16-14-31(41(57-7)39(33)49-51)43(55)61-22-20-59-29-10-9-11-30(26-29)60-21-23-62-44(56)32-15-17-34-40(42(32)58-8)50-52(48-34)36-25-28(46(4,5)6)13-19-38(36)54/h9-19,24-26,53-54H,20-23H2,1-8H3. The number of carbonyl (C=O) groups is 2. The summed E-state index contributed by atoms with van der Waals surface area (Å²) in [6.07, 6.45) is 0. The summed E-state index contributed by atoms with van der Waals surface area (Å²) in [6.45, 7) is 12.4. The first-order valence-electron chi connectivity index (χ1n) is 19.8. The van der Waals surface area contributed by atoms with Gasteiger partial charge in [-0.1, -0.05) is 59.7 Å². The van der Waals surface area contributed by atoms with E-state index >= 15 is 0 Å². The third kappa shape index (κ3) is 9.04. The largest absolute Gasteiger partial charge is 0.506 e. The van der Waals surface area contributed by atoms with Crippen LogP contribution in [0.2, 0.25) is 0 Å². The number of hydrogen-bond donors (Lipinski definition) is 2. The van der Waals surface area contributed by atoms with Crippen molar-refractivity contribution in [2.24, 2.45) is 0 Å². The lowest BCUT2D eigenvalue weighted by Gasteiger charge is -2.20. The summed E-state index contributed by atoms with van der Waals surface area (Å²) in [4.78, 5) is 29.0. The Labute approximate surface area is 357 Å². The fourth-order valence-corrected chi connectivity index (χ4v) is 6.56. The van der Waals surface area contributed by atoms with Crippen molar-refractivity contribution >= 4 is 34.0 Å². The quantitative estimate of drug-likeness (QED) is 0.0801. The molecule has 0 atom stereocenters. The molecule has 0 spiro atoms. The SMILES string of the molecule is COc1c(C(=O)OCCOc2cccc(OCCOC(=O)c3ccc4nn(-c5cc(C(C)(C)C)ccc5O)nc4c3OC)c2)ccc2nn(-c3cc(C(C)(C)C)ccc3O)nc12. The molecule has 0 bridgehead atoms. The second kappa shape index (κ2) is 17.3. The van der Waals surface area contributed by atoms with Gasteiger partial charge in [-0.3, -0.25) is 0 Å². The van der Waals surface area contributed by atoms with E-state index in [0.717, 1.165) is 11.1 Å². The number of ether oxygens (including phenoxy) is 6. The predicted octanol–water partition coefficient (Wildman–Crippen LogP) is 7.65. The minimum atomic E-state index is -0.642. The number of hydrogen-bond acceptors (Lipinski definition) is 14. The van der Waals surface area contributed by atoms with Gasteiger partial charge in [-0.15, -0.1) is 30.0 Å². The molecule has 16 nitrogen and oxygen atoms in total. The lowest BCUT2D eigenvalue weighted by molar-refractivity contribution is 0.0443. The van der Waals surface area contributed by atoms with Crippen LogP contribution in [0.25, 0.3) is 33.4 Å². The molecule has 0 radical (unpaired) electrons. The van der Waals surface area contributed by atoms with Crippen LogP contribution >= 0.6 is 0 Å². The van der Waals surface area contributed by atoms with Gasteiger partial charge in [0.25, 0.3) is 0 Å². The van der Waals surface area contributed by atoms with Gasteiger partial charge in [0.2, 0.25) is 0 Å². The molecule has 2 aromatic heterocycles. The topological polar surface area (TPSA) is 191 Å². The second-order valence-electron chi connectivity index (χ2n) is 16.4. The first-order valence-corrected chi connectivity index (χ1v) is 19.8. The molecule has 7 rings (SSSR count). The van der Waals surface area contributed by atoms with E-state index in [1.54, 1.807) is 60.7 Å². The maximum Gasteiger partial charge on any atom is 0.342 e. The van der Waals surface area contributed by atoms with E-state index < -0.39 is 11.9 Å². The highest BCUT2D eigenvalue weighted by Crippen LogP contribution is 2.34. The van der Waals surface area contributed by atoms with Crippen LogP contribution in [0.15, 0.2) is 84.9 Å². The molecule has 2 heterocycles. The Hall–Kier alpha value is -7.36. The molecule has 0 amide bonds. The van der Waals surface area contributed by atoms with Gasteiger partial charge >= 0.3 is 11.9 Å².